The van der Waals surface area contributed by atoms with E-state index < -0.39 is 0 Å². The van der Waals surface area contributed by atoms with E-state index in [4.69, 9.17) is 0 Å². The molecule has 2 aromatic heterocycles. The lowest BCUT2D eigenvalue weighted by Crippen LogP contribution is -2.25. The zero-order valence-corrected chi connectivity index (χ0v) is 16.4. The Morgan fingerprint density at radius 3 is 2.61 bits per heavy atom. The third kappa shape index (κ3) is 5.18. The summed E-state index contributed by atoms with van der Waals surface area (Å²) in [5.41, 5.74) is 6.28. The zero-order chi connectivity index (χ0) is 21.5. The number of hydrogen-bond donors (Lipinski definition) is 2. The smallest absolute Gasteiger partial charge is 0.259 e. The fourth-order valence-corrected chi connectivity index (χ4v) is 2.89. The highest BCUT2D eigenvalue weighted by atomic mass is 19.1. The van der Waals surface area contributed by atoms with Crippen molar-refractivity contribution in [3.63, 3.8) is 0 Å². The van der Waals surface area contributed by atoms with Gasteiger partial charge < -0.3 is 5.32 Å². The minimum absolute atomic E-state index is 0.00170. The van der Waals surface area contributed by atoms with Gasteiger partial charge in [0, 0.05) is 35.4 Å². The molecule has 0 aliphatic heterocycles. The van der Waals surface area contributed by atoms with Crippen LogP contribution in [0, 0.1) is 5.82 Å². The molecular formula is C23H19FN6O. The molecule has 0 spiro atoms. The van der Waals surface area contributed by atoms with Crippen LogP contribution in [0.2, 0.25) is 0 Å². The first-order valence-electron chi connectivity index (χ1n) is 9.56. The number of halogens is 1. The average molecular weight is 414 g/mol. The quantitative estimate of drug-likeness (QED) is 0.357. The van der Waals surface area contributed by atoms with Crippen LogP contribution in [0.4, 0.5) is 10.1 Å². The van der Waals surface area contributed by atoms with E-state index in [2.05, 4.69) is 25.9 Å². The van der Waals surface area contributed by atoms with Crippen LogP contribution in [0.15, 0.2) is 90.4 Å². The molecule has 0 radical (unpaired) electrons. The molecule has 0 atom stereocenters. The number of aromatic nitrogens is 3. The highest BCUT2D eigenvalue weighted by Gasteiger charge is 2.11. The van der Waals surface area contributed by atoms with Gasteiger partial charge in [-0.1, -0.05) is 18.2 Å². The van der Waals surface area contributed by atoms with Crippen molar-refractivity contribution in [2.24, 2.45) is 5.10 Å². The molecule has 7 nitrogen and oxygen atoms in total. The van der Waals surface area contributed by atoms with E-state index in [0.29, 0.717) is 11.4 Å². The van der Waals surface area contributed by atoms with Crippen LogP contribution in [0.5, 0.6) is 0 Å². The third-order valence-electron chi connectivity index (χ3n) is 4.39. The van der Waals surface area contributed by atoms with Crippen molar-refractivity contribution in [3.8, 4) is 16.9 Å². The Morgan fingerprint density at radius 1 is 1.06 bits per heavy atom. The largest absolute Gasteiger partial charge is 0.376 e. The Hall–Kier alpha value is -4.33. The second-order valence-electron chi connectivity index (χ2n) is 6.61. The lowest BCUT2D eigenvalue weighted by molar-refractivity contribution is -0.119. The third-order valence-corrected chi connectivity index (χ3v) is 4.39. The number of nitrogens with one attached hydrogen (secondary N) is 2. The molecule has 2 aromatic carbocycles. The van der Waals surface area contributed by atoms with Crippen LogP contribution in [0.3, 0.4) is 0 Å². The SMILES string of the molecule is O=C(CNc1ccc(F)cc1)N/N=C\c1cn(-c2ccccc2)nc1-c1cccnc1. The highest BCUT2D eigenvalue weighted by molar-refractivity contribution is 5.90. The average Bonchev–Trinajstić information content (AvgIpc) is 3.24. The maximum atomic E-state index is 12.9. The standard InChI is InChI=1S/C23H19FN6O/c24-19-8-10-20(11-9-19)26-15-22(31)28-27-14-18-16-30(21-6-2-1-3-7-21)29-23(18)17-5-4-12-25-13-17/h1-14,16,26H,15H2,(H,28,31)/b27-14-. The van der Waals surface area contributed by atoms with Gasteiger partial charge in [0.05, 0.1) is 18.4 Å². The molecule has 1 amide bonds. The number of benzene rings is 2. The number of pyridine rings is 1. The van der Waals surface area contributed by atoms with Crippen molar-refractivity contribution in [1.82, 2.24) is 20.2 Å². The van der Waals surface area contributed by atoms with E-state index >= 15 is 0 Å². The Bertz CT molecular complexity index is 1170. The number of carbonyl (C=O) groups is 1. The number of nitrogens with zero attached hydrogens (tertiary/aromatic N) is 4. The predicted molar refractivity (Wildman–Crippen MR) is 117 cm³/mol. The molecule has 4 rings (SSSR count). The summed E-state index contributed by atoms with van der Waals surface area (Å²) in [5, 5.41) is 11.6. The molecular weight excluding hydrogens is 395 g/mol. The summed E-state index contributed by atoms with van der Waals surface area (Å²) in [6.45, 7) is 0.00170. The summed E-state index contributed by atoms with van der Waals surface area (Å²) in [4.78, 5) is 16.2. The molecule has 8 heteroatoms. The summed E-state index contributed by atoms with van der Waals surface area (Å²) >= 11 is 0. The van der Waals surface area contributed by atoms with Crippen LogP contribution >= 0.6 is 0 Å². The number of amides is 1. The van der Waals surface area contributed by atoms with Crippen LogP contribution < -0.4 is 10.7 Å². The van der Waals surface area contributed by atoms with Gasteiger partial charge in [-0.2, -0.15) is 10.2 Å². The molecule has 0 saturated carbocycles. The number of anilines is 1. The van der Waals surface area contributed by atoms with Crippen LogP contribution in [0.25, 0.3) is 16.9 Å². The maximum Gasteiger partial charge on any atom is 0.259 e. The second kappa shape index (κ2) is 9.45. The first-order valence-corrected chi connectivity index (χ1v) is 9.56. The zero-order valence-electron chi connectivity index (χ0n) is 16.4. The van der Waals surface area contributed by atoms with Gasteiger partial charge in [-0.25, -0.2) is 14.5 Å². The minimum Gasteiger partial charge on any atom is -0.376 e. The van der Waals surface area contributed by atoms with Gasteiger partial charge >= 0.3 is 0 Å². The lowest BCUT2D eigenvalue weighted by Gasteiger charge is -2.04. The maximum absolute atomic E-state index is 12.9. The molecule has 0 fully saturated rings. The predicted octanol–water partition coefficient (Wildman–Crippen LogP) is 3.64. The van der Waals surface area contributed by atoms with Gasteiger partial charge in [-0.3, -0.25) is 9.78 Å². The first-order chi connectivity index (χ1) is 15.2. The van der Waals surface area contributed by atoms with E-state index in [0.717, 1.165) is 16.8 Å². The van der Waals surface area contributed by atoms with E-state index in [1.807, 2.05) is 48.7 Å². The number of hydrazone groups is 1. The van der Waals surface area contributed by atoms with Crippen molar-refractivity contribution in [2.45, 2.75) is 0 Å². The van der Waals surface area contributed by atoms with Gasteiger partial charge in [-0.15, -0.1) is 0 Å². The molecule has 0 aliphatic carbocycles. The van der Waals surface area contributed by atoms with Crippen molar-refractivity contribution >= 4 is 17.8 Å². The molecule has 154 valence electrons. The minimum atomic E-state index is -0.334. The first kappa shape index (κ1) is 20.0. The summed E-state index contributed by atoms with van der Waals surface area (Å²) < 4.78 is 14.7. The number of hydrogen-bond acceptors (Lipinski definition) is 5. The highest BCUT2D eigenvalue weighted by Crippen LogP contribution is 2.21. The molecule has 0 saturated heterocycles. The topological polar surface area (TPSA) is 84.2 Å². The Balaban J connectivity index is 1.47. The molecule has 4 aromatic rings. The summed E-state index contributed by atoms with van der Waals surface area (Å²) in [5.74, 6) is -0.668. The van der Waals surface area contributed by atoms with E-state index in [-0.39, 0.29) is 18.3 Å². The number of rotatable bonds is 7. The number of para-hydroxylation sites is 1. The van der Waals surface area contributed by atoms with Crippen molar-refractivity contribution < 1.29 is 9.18 Å². The van der Waals surface area contributed by atoms with Crippen molar-refractivity contribution in [3.05, 3.63) is 96.7 Å². The molecule has 31 heavy (non-hydrogen) atoms. The second-order valence-corrected chi connectivity index (χ2v) is 6.61. The van der Waals surface area contributed by atoms with E-state index in [1.165, 1.54) is 12.1 Å². The van der Waals surface area contributed by atoms with Crippen LogP contribution in [-0.2, 0) is 4.79 Å². The summed E-state index contributed by atoms with van der Waals surface area (Å²) in [6.07, 6.45) is 6.80. The fourth-order valence-electron chi connectivity index (χ4n) is 2.89. The number of carbonyl (C=O) groups excluding carboxylic acids is 1. The van der Waals surface area contributed by atoms with E-state index in [9.17, 15) is 9.18 Å². The fraction of sp³-hybridized carbons (Fsp3) is 0.0435. The lowest BCUT2D eigenvalue weighted by atomic mass is 10.1. The molecule has 2 heterocycles. The normalized spacial score (nSPS) is 10.9. The monoisotopic (exact) mass is 414 g/mol. The van der Waals surface area contributed by atoms with Crippen molar-refractivity contribution in [2.75, 3.05) is 11.9 Å². The molecule has 0 aliphatic rings. The molecule has 0 unspecified atom stereocenters. The van der Waals surface area contributed by atoms with E-state index in [1.54, 1.807) is 35.4 Å². The molecule has 0 bridgehead atoms. The Morgan fingerprint density at radius 2 is 1.87 bits per heavy atom. The Labute approximate surface area is 178 Å². The van der Waals surface area contributed by atoms with Gasteiger partial charge in [0.1, 0.15) is 11.5 Å². The van der Waals surface area contributed by atoms with Gasteiger partial charge in [-0.05, 0) is 48.5 Å². The Kier molecular flexibility index (Phi) is 6.08. The summed E-state index contributed by atoms with van der Waals surface area (Å²) in [7, 11) is 0. The van der Waals surface area contributed by atoms with Gasteiger partial charge in [0.2, 0.25) is 0 Å². The summed E-state index contributed by atoms with van der Waals surface area (Å²) in [6, 6.07) is 19.2. The molecule has 2 N–H and O–H groups in total. The van der Waals surface area contributed by atoms with Crippen LogP contribution in [0.1, 0.15) is 5.56 Å². The van der Waals surface area contributed by atoms with Gasteiger partial charge in [0.15, 0.2) is 0 Å². The van der Waals surface area contributed by atoms with Gasteiger partial charge in [0.25, 0.3) is 5.91 Å². The van der Waals surface area contributed by atoms with Crippen LogP contribution in [-0.4, -0.2) is 33.4 Å². The van der Waals surface area contributed by atoms with Crippen molar-refractivity contribution in [1.29, 1.82) is 0 Å².